The molecule has 114 valence electrons. The van der Waals surface area contributed by atoms with Crippen LogP contribution in [0.5, 0.6) is 5.75 Å². The summed E-state index contributed by atoms with van der Waals surface area (Å²) in [4.78, 5) is 11.6. The van der Waals surface area contributed by atoms with E-state index < -0.39 is 11.7 Å². The summed E-state index contributed by atoms with van der Waals surface area (Å²) in [6.45, 7) is -0.204. The van der Waals surface area contributed by atoms with Gasteiger partial charge in [-0.15, -0.1) is 0 Å². The number of benzene rings is 2. The minimum Gasteiger partial charge on any atom is -0.484 e. The Bertz CT molecular complexity index is 672. The average molecular weight is 386 g/mol. The second-order valence-electron chi connectivity index (χ2n) is 4.17. The fourth-order valence-corrected chi connectivity index (χ4v) is 1.99. The van der Waals surface area contributed by atoms with Crippen molar-refractivity contribution in [3.8, 4) is 5.75 Å². The predicted octanol–water partition coefficient (Wildman–Crippen LogP) is 3.77. The molecule has 2 aromatic rings. The monoisotopic (exact) mass is 384 g/mol. The molecule has 0 aromatic heterocycles. The summed E-state index contributed by atoms with van der Waals surface area (Å²) in [5.41, 5.74) is 2.35. The van der Waals surface area contributed by atoms with E-state index in [1.54, 1.807) is 24.3 Å². The molecule has 0 unspecified atom stereocenters. The van der Waals surface area contributed by atoms with Gasteiger partial charge in [0.25, 0.3) is 5.91 Å². The van der Waals surface area contributed by atoms with Crippen molar-refractivity contribution in [2.45, 2.75) is 0 Å². The van der Waals surface area contributed by atoms with Crippen LogP contribution in [0, 0.1) is 5.82 Å². The van der Waals surface area contributed by atoms with Crippen molar-refractivity contribution >= 4 is 39.7 Å². The first-order valence-electron chi connectivity index (χ1n) is 6.20. The maximum absolute atomic E-state index is 13.5. The zero-order valence-corrected chi connectivity index (χ0v) is 13.6. The van der Waals surface area contributed by atoms with Gasteiger partial charge in [0.1, 0.15) is 11.6 Å². The van der Waals surface area contributed by atoms with Crippen LogP contribution in [-0.2, 0) is 4.79 Å². The summed E-state index contributed by atoms with van der Waals surface area (Å²) in [7, 11) is 0. The lowest BCUT2D eigenvalue weighted by Gasteiger charge is -2.05. The van der Waals surface area contributed by atoms with Gasteiger partial charge in [0.15, 0.2) is 6.61 Å². The van der Waals surface area contributed by atoms with Gasteiger partial charge < -0.3 is 4.74 Å². The van der Waals surface area contributed by atoms with Crippen molar-refractivity contribution in [3.63, 3.8) is 0 Å². The van der Waals surface area contributed by atoms with Crippen molar-refractivity contribution < 1.29 is 13.9 Å². The molecule has 0 fully saturated rings. The van der Waals surface area contributed by atoms with E-state index >= 15 is 0 Å². The molecular weight excluding hydrogens is 375 g/mol. The molecule has 0 bridgehead atoms. The van der Waals surface area contributed by atoms with E-state index in [4.69, 9.17) is 16.3 Å². The summed E-state index contributed by atoms with van der Waals surface area (Å²) in [5, 5.41) is 3.87. The first kappa shape index (κ1) is 16.5. The molecule has 0 aliphatic rings. The predicted molar refractivity (Wildman–Crippen MR) is 86.8 cm³/mol. The van der Waals surface area contributed by atoms with Gasteiger partial charge in [0, 0.05) is 10.0 Å². The Morgan fingerprint density at radius 2 is 2.05 bits per heavy atom. The third-order valence-electron chi connectivity index (χ3n) is 2.57. The van der Waals surface area contributed by atoms with Gasteiger partial charge in [-0.25, -0.2) is 9.82 Å². The van der Waals surface area contributed by atoms with E-state index in [-0.39, 0.29) is 17.2 Å². The molecule has 0 aliphatic carbocycles. The molecule has 1 amide bonds. The third-order valence-corrected chi connectivity index (χ3v) is 3.42. The molecule has 4 nitrogen and oxygen atoms in total. The molecule has 2 rings (SSSR count). The summed E-state index contributed by atoms with van der Waals surface area (Å²) >= 11 is 9.12. The molecule has 2 aromatic carbocycles. The van der Waals surface area contributed by atoms with Gasteiger partial charge >= 0.3 is 0 Å². The highest BCUT2D eigenvalue weighted by Crippen LogP contribution is 2.17. The maximum Gasteiger partial charge on any atom is 0.277 e. The molecule has 0 atom stereocenters. The van der Waals surface area contributed by atoms with Crippen LogP contribution < -0.4 is 10.2 Å². The van der Waals surface area contributed by atoms with Crippen LogP contribution in [0.2, 0.25) is 5.02 Å². The van der Waals surface area contributed by atoms with Crippen LogP contribution in [0.1, 0.15) is 5.56 Å². The third kappa shape index (κ3) is 4.82. The van der Waals surface area contributed by atoms with Crippen LogP contribution >= 0.6 is 27.5 Å². The van der Waals surface area contributed by atoms with E-state index in [1.165, 1.54) is 18.2 Å². The van der Waals surface area contributed by atoms with E-state index in [0.717, 1.165) is 10.7 Å². The largest absolute Gasteiger partial charge is 0.484 e. The SMILES string of the molecule is O=C(COc1ccc(Br)cc1)N/N=C/c1c(F)cccc1Cl. The van der Waals surface area contributed by atoms with Gasteiger partial charge in [-0.2, -0.15) is 5.10 Å². The van der Waals surface area contributed by atoms with Crippen LogP contribution in [0.15, 0.2) is 52.0 Å². The standard InChI is InChI=1S/C15H11BrClFN2O2/c16-10-4-6-11(7-5-10)22-9-15(21)20-19-8-12-13(17)2-1-3-14(12)18/h1-8H,9H2,(H,20,21)/b19-8+. The second-order valence-corrected chi connectivity index (χ2v) is 5.49. The molecule has 22 heavy (non-hydrogen) atoms. The van der Waals surface area contributed by atoms with E-state index in [1.807, 2.05) is 0 Å². The number of carbonyl (C=O) groups is 1. The minimum atomic E-state index is -0.517. The van der Waals surface area contributed by atoms with Gasteiger partial charge in [0.2, 0.25) is 0 Å². The molecule has 1 N–H and O–H groups in total. The zero-order chi connectivity index (χ0) is 15.9. The summed E-state index contributed by atoms with van der Waals surface area (Å²) < 4.78 is 19.6. The molecule has 0 saturated carbocycles. The zero-order valence-electron chi connectivity index (χ0n) is 11.2. The highest BCUT2D eigenvalue weighted by Gasteiger charge is 2.05. The Hall–Kier alpha value is -1.92. The lowest BCUT2D eigenvalue weighted by Crippen LogP contribution is -2.24. The second kappa shape index (κ2) is 7.91. The molecule has 7 heteroatoms. The molecule has 0 aliphatic heterocycles. The van der Waals surface area contributed by atoms with Crippen LogP contribution in [0.25, 0.3) is 0 Å². The highest BCUT2D eigenvalue weighted by atomic mass is 79.9. The van der Waals surface area contributed by atoms with Gasteiger partial charge in [-0.05, 0) is 36.4 Å². The number of nitrogens with one attached hydrogen (secondary N) is 1. The Kier molecular flexibility index (Phi) is 5.91. The normalized spacial score (nSPS) is 10.7. The fraction of sp³-hybridized carbons (Fsp3) is 0.0667. The Balaban J connectivity index is 1.85. The Morgan fingerprint density at radius 3 is 2.73 bits per heavy atom. The van der Waals surface area contributed by atoms with Crippen molar-refractivity contribution in [2.75, 3.05) is 6.61 Å². The molecule has 0 heterocycles. The number of amides is 1. The molecule has 0 saturated heterocycles. The summed E-state index contributed by atoms with van der Waals surface area (Å²) in [5.74, 6) is -0.428. The van der Waals surface area contributed by atoms with Crippen molar-refractivity contribution in [3.05, 3.63) is 63.3 Å². The Morgan fingerprint density at radius 1 is 1.32 bits per heavy atom. The lowest BCUT2D eigenvalue weighted by atomic mass is 10.2. The first-order chi connectivity index (χ1) is 10.6. The summed E-state index contributed by atoms with van der Waals surface area (Å²) in [6.07, 6.45) is 1.15. The van der Waals surface area contributed by atoms with Crippen molar-refractivity contribution in [2.24, 2.45) is 5.10 Å². The van der Waals surface area contributed by atoms with Crippen LogP contribution in [-0.4, -0.2) is 18.7 Å². The summed E-state index contributed by atoms with van der Waals surface area (Å²) in [6, 6.07) is 11.3. The Labute approximate surface area is 140 Å². The van der Waals surface area contributed by atoms with Crippen molar-refractivity contribution in [1.82, 2.24) is 5.43 Å². The number of nitrogens with zero attached hydrogens (tertiary/aromatic N) is 1. The van der Waals surface area contributed by atoms with E-state index in [9.17, 15) is 9.18 Å². The van der Waals surface area contributed by atoms with E-state index in [0.29, 0.717) is 5.75 Å². The van der Waals surface area contributed by atoms with Gasteiger partial charge in [0.05, 0.1) is 11.2 Å². The number of halogens is 3. The van der Waals surface area contributed by atoms with E-state index in [2.05, 4.69) is 26.5 Å². The molecule has 0 spiro atoms. The number of ether oxygens (including phenoxy) is 1. The smallest absolute Gasteiger partial charge is 0.277 e. The number of carbonyl (C=O) groups excluding carboxylic acids is 1. The minimum absolute atomic E-state index is 0.110. The average Bonchev–Trinajstić information content (AvgIpc) is 2.50. The van der Waals surface area contributed by atoms with Gasteiger partial charge in [-0.3, -0.25) is 4.79 Å². The quantitative estimate of drug-likeness (QED) is 0.629. The maximum atomic E-state index is 13.5. The van der Waals surface area contributed by atoms with Crippen LogP contribution in [0.4, 0.5) is 4.39 Å². The number of hydrogen-bond donors (Lipinski definition) is 1. The van der Waals surface area contributed by atoms with Crippen molar-refractivity contribution in [1.29, 1.82) is 0 Å². The topological polar surface area (TPSA) is 50.7 Å². The number of hydrazone groups is 1. The lowest BCUT2D eigenvalue weighted by molar-refractivity contribution is -0.123. The van der Waals surface area contributed by atoms with Gasteiger partial charge in [-0.1, -0.05) is 33.6 Å². The first-order valence-corrected chi connectivity index (χ1v) is 7.37. The molecular formula is C15H11BrClFN2O2. The number of rotatable bonds is 5. The fourth-order valence-electron chi connectivity index (χ4n) is 1.51. The van der Waals surface area contributed by atoms with Crippen LogP contribution in [0.3, 0.4) is 0 Å². The molecule has 0 radical (unpaired) electrons. The number of hydrogen-bond acceptors (Lipinski definition) is 3. The highest BCUT2D eigenvalue weighted by molar-refractivity contribution is 9.10.